The molecule has 2 aromatic rings. The summed E-state index contributed by atoms with van der Waals surface area (Å²) in [5.74, 6) is -0.388. The second-order valence-corrected chi connectivity index (χ2v) is 7.49. The predicted octanol–water partition coefficient (Wildman–Crippen LogP) is 4.45. The molecule has 0 fully saturated rings. The molecule has 1 heterocycles. The molecule has 0 unspecified atom stereocenters. The summed E-state index contributed by atoms with van der Waals surface area (Å²) in [6.45, 7) is 5.65. The van der Waals surface area contributed by atoms with E-state index in [-0.39, 0.29) is 17.9 Å². The van der Waals surface area contributed by atoms with E-state index >= 15 is 0 Å². The highest BCUT2D eigenvalue weighted by atomic mass is 35.5. The number of amides is 2. The molecular formula is C22H24ClN3O2. The Labute approximate surface area is 170 Å². The number of rotatable bonds is 5. The molecular weight excluding hydrogens is 374 g/mol. The van der Waals surface area contributed by atoms with Crippen LogP contribution in [0.3, 0.4) is 0 Å². The van der Waals surface area contributed by atoms with Crippen molar-refractivity contribution in [2.45, 2.75) is 19.9 Å². The van der Waals surface area contributed by atoms with Gasteiger partial charge in [-0.2, -0.15) is 0 Å². The van der Waals surface area contributed by atoms with E-state index in [1.54, 1.807) is 42.3 Å². The molecule has 0 aromatic heterocycles. The lowest BCUT2D eigenvalue weighted by atomic mass is 10.1. The fourth-order valence-electron chi connectivity index (χ4n) is 2.90. The van der Waals surface area contributed by atoms with Crippen LogP contribution in [0, 0.1) is 0 Å². The summed E-state index contributed by atoms with van der Waals surface area (Å²) in [6.07, 6.45) is 4.24. The molecule has 0 aliphatic carbocycles. The smallest absolute Gasteiger partial charge is 0.255 e. The van der Waals surface area contributed by atoms with Crippen molar-refractivity contribution in [3.8, 4) is 0 Å². The molecule has 0 atom stereocenters. The maximum absolute atomic E-state index is 12.6. The topological polar surface area (TPSA) is 52.7 Å². The quantitative estimate of drug-likeness (QED) is 0.758. The lowest BCUT2D eigenvalue weighted by Gasteiger charge is -2.22. The Morgan fingerprint density at radius 1 is 1.04 bits per heavy atom. The van der Waals surface area contributed by atoms with Gasteiger partial charge in [0.1, 0.15) is 0 Å². The van der Waals surface area contributed by atoms with Crippen molar-refractivity contribution in [3.63, 3.8) is 0 Å². The highest BCUT2D eigenvalue weighted by Gasteiger charge is 2.17. The van der Waals surface area contributed by atoms with Gasteiger partial charge in [-0.3, -0.25) is 9.59 Å². The average molecular weight is 398 g/mol. The largest absolute Gasteiger partial charge is 0.364 e. The SMILES string of the molecule is CC(C)N(C)C(=O)c1ccc(Cl)c(NC(=O)c2ccc(N3CC=CC3)cc2)c1. The summed E-state index contributed by atoms with van der Waals surface area (Å²) in [6, 6.07) is 12.4. The predicted molar refractivity (Wildman–Crippen MR) is 114 cm³/mol. The van der Waals surface area contributed by atoms with E-state index in [1.165, 1.54) is 0 Å². The number of carbonyl (C=O) groups is 2. The molecule has 1 N–H and O–H groups in total. The number of benzene rings is 2. The second-order valence-electron chi connectivity index (χ2n) is 7.08. The number of carbonyl (C=O) groups excluding carboxylic acids is 2. The van der Waals surface area contributed by atoms with Crippen LogP contribution in [0.25, 0.3) is 0 Å². The summed E-state index contributed by atoms with van der Waals surface area (Å²) >= 11 is 6.23. The number of anilines is 2. The molecule has 0 saturated carbocycles. The van der Waals surface area contributed by atoms with Crippen LogP contribution in [0.4, 0.5) is 11.4 Å². The molecule has 1 aliphatic heterocycles. The fourth-order valence-corrected chi connectivity index (χ4v) is 3.06. The van der Waals surface area contributed by atoms with Gasteiger partial charge in [-0.15, -0.1) is 0 Å². The van der Waals surface area contributed by atoms with E-state index in [4.69, 9.17) is 11.6 Å². The third kappa shape index (κ3) is 4.37. The molecule has 2 aromatic carbocycles. The number of hydrogen-bond acceptors (Lipinski definition) is 3. The van der Waals surface area contributed by atoms with Crippen molar-refractivity contribution in [1.82, 2.24) is 4.90 Å². The van der Waals surface area contributed by atoms with Crippen LogP contribution >= 0.6 is 11.6 Å². The maximum Gasteiger partial charge on any atom is 0.255 e. The van der Waals surface area contributed by atoms with E-state index in [1.807, 2.05) is 26.0 Å². The van der Waals surface area contributed by atoms with Gasteiger partial charge >= 0.3 is 0 Å². The van der Waals surface area contributed by atoms with Crippen LogP contribution in [-0.2, 0) is 0 Å². The van der Waals surface area contributed by atoms with Crippen LogP contribution in [-0.4, -0.2) is 42.9 Å². The first-order valence-electron chi connectivity index (χ1n) is 9.25. The van der Waals surface area contributed by atoms with Gasteiger partial charge in [0.15, 0.2) is 0 Å². The van der Waals surface area contributed by atoms with Crippen molar-refractivity contribution in [2.24, 2.45) is 0 Å². The third-order valence-electron chi connectivity index (χ3n) is 4.87. The zero-order chi connectivity index (χ0) is 20.3. The van der Waals surface area contributed by atoms with E-state index in [0.29, 0.717) is 21.8 Å². The first-order chi connectivity index (χ1) is 13.4. The highest BCUT2D eigenvalue weighted by Crippen LogP contribution is 2.25. The molecule has 3 rings (SSSR count). The van der Waals surface area contributed by atoms with E-state index in [2.05, 4.69) is 22.4 Å². The number of hydrogen-bond donors (Lipinski definition) is 1. The average Bonchev–Trinajstić information content (AvgIpc) is 3.23. The zero-order valence-corrected chi connectivity index (χ0v) is 17.0. The van der Waals surface area contributed by atoms with Gasteiger partial charge in [-0.25, -0.2) is 0 Å². The van der Waals surface area contributed by atoms with Crippen molar-refractivity contribution < 1.29 is 9.59 Å². The standard InChI is InChI=1S/C22H24ClN3O2/c1-15(2)25(3)22(28)17-8-11-19(23)20(14-17)24-21(27)16-6-9-18(10-7-16)26-12-4-5-13-26/h4-11,14-15H,12-13H2,1-3H3,(H,24,27). The molecule has 0 spiro atoms. The minimum Gasteiger partial charge on any atom is -0.364 e. The Hall–Kier alpha value is -2.79. The summed E-state index contributed by atoms with van der Waals surface area (Å²) < 4.78 is 0. The van der Waals surface area contributed by atoms with Crippen molar-refractivity contribution in [3.05, 3.63) is 70.8 Å². The van der Waals surface area contributed by atoms with Crippen LogP contribution in [0.15, 0.2) is 54.6 Å². The summed E-state index contributed by atoms with van der Waals surface area (Å²) in [7, 11) is 1.75. The van der Waals surface area contributed by atoms with Gasteiger partial charge in [-0.05, 0) is 56.3 Å². The first-order valence-corrected chi connectivity index (χ1v) is 9.62. The summed E-state index contributed by atoms with van der Waals surface area (Å²) in [5.41, 5.74) is 2.50. The molecule has 1 aliphatic rings. The van der Waals surface area contributed by atoms with Gasteiger partial charge in [0.2, 0.25) is 0 Å². The van der Waals surface area contributed by atoms with Gasteiger partial charge < -0.3 is 15.1 Å². The second kappa shape index (κ2) is 8.48. The Morgan fingerprint density at radius 2 is 1.64 bits per heavy atom. The van der Waals surface area contributed by atoms with Crippen molar-refractivity contribution in [2.75, 3.05) is 30.4 Å². The Balaban J connectivity index is 1.74. The summed E-state index contributed by atoms with van der Waals surface area (Å²) in [4.78, 5) is 29.0. The molecule has 6 heteroatoms. The van der Waals surface area contributed by atoms with Gasteiger partial charge in [0, 0.05) is 43.0 Å². The van der Waals surface area contributed by atoms with Crippen molar-refractivity contribution >= 4 is 34.8 Å². The lowest BCUT2D eigenvalue weighted by Crippen LogP contribution is -2.33. The van der Waals surface area contributed by atoms with Crippen LogP contribution in [0.1, 0.15) is 34.6 Å². The molecule has 146 valence electrons. The Kier molecular flexibility index (Phi) is 6.05. The van der Waals surface area contributed by atoms with Gasteiger partial charge in [-0.1, -0.05) is 23.8 Å². The Morgan fingerprint density at radius 3 is 2.25 bits per heavy atom. The third-order valence-corrected chi connectivity index (χ3v) is 5.20. The molecule has 0 bridgehead atoms. The van der Waals surface area contributed by atoms with Crippen LogP contribution < -0.4 is 10.2 Å². The van der Waals surface area contributed by atoms with Crippen LogP contribution in [0.5, 0.6) is 0 Å². The molecule has 2 amide bonds. The monoisotopic (exact) mass is 397 g/mol. The Bertz CT molecular complexity index is 898. The lowest BCUT2D eigenvalue weighted by molar-refractivity contribution is 0.0754. The van der Waals surface area contributed by atoms with Crippen molar-refractivity contribution in [1.29, 1.82) is 0 Å². The summed E-state index contributed by atoms with van der Waals surface area (Å²) in [5, 5.41) is 3.20. The molecule has 5 nitrogen and oxygen atoms in total. The molecule has 0 radical (unpaired) electrons. The van der Waals surface area contributed by atoms with Crippen LogP contribution in [0.2, 0.25) is 5.02 Å². The number of halogens is 1. The van der Waals surface area contributed by atoms with E-state index in [9.17, 15) is 9.59 Å². The van der Waals surface area contributed by atoms with Gasteiger partial charge in [0.05, 0.1) is 10.7 Å². The molecule has 28 heavy (non-hydrogen) atoms. The highest BCUT2D eigenvalue weighted by molar-refractivity contribution is 6.34. The minimum absolute atomic E-state index is 0.0746. The number of nitrogens with one attached hydrogen (secondary N) is 1. The van der Waals surface area contributed by atoms with Gasteiger partial charge in [0.25, 0.3) is 11.8 Å². The maximum atomic E-state index is 12.6. The number of nitrogens with zero attached hydrogens (tertiary/aromatic N) is 2. The van der Waals surface area contributed by atoms with E-state index < -0.39 is 0 Å². The molecule has 0 saturated heterocycles. The fraction of sp³-hybridized carbons (Fsp3) is 0.273. The zero-order valence-electron chi connectivity index (χ0n) is 16.3. The minimum atomic E-state index is -0.269. The first kappa shape index (κ1) is 20.0. The normalized spacial score (nSPS) is 13.1. The van der Waals surface area contributed by atoms with E-state index in [0.717, 1.165) is 18.8 Å².